The van der Waals surface area contributed by atoms with Gasteiger partial charge in [-0.25, -0.2) is 4.79 Å². The summed E-state index contributed by atoms with van der Waals surface area (Å²) in [5.41, 5.74) is 5.17. The van der Waals surface area contributed by atoms with Crippen LogP contribution in [-0.2, 0) is 28.7 Å². The zero-order chi connectivity index (χ0) is 30.7. The molecule has 0 radical (unpaired) electrons. The second-order valence-corrected chi connectivity index (χ2v) is 12.4. The molecule has 216 valence electrons. The van der Waals surface area contributed by atoms with Gasteiger partial charge in [-0.1, -0.05) is 90.8 Å². The van der Waals surface area contributed by atoms with Crippen molar-refractivity contribution in [3.8, 4) is 23.3 Å². The first kappa shape index (κ1) is 30.3. The summed E-state index contributed by atoms with van der Waals surface area (Å²) in [5.74, 6) is 5.57. The first-order valence-corrected chi connectivity index (χ1v) is 14.1. The molecule has 4 aromatic rings. The van der Waals surface area contributed by atoms with Crippen LogP contribution in [0.3, 0.4) is 0 Å². The van der Waals surface area contributed by atoms with E-state index in [0.29, 0.717) is 17.9 Å². The molecule has 6 heteroatoms. The zero-order valence-corrected chi connectivity index (χ0v) is 25.3. The molecule has 42 heavy (non-hydrogen) atoms. The minimum atomic E-state index is -0.772. The third-order valence-corrected chi connectivity index (χ3v) is 7.12. The number of ether oxygens (including phenoxy) is 2. The fourth-order valence-electron chi connectivity index (χ4n) is 4.50. The molecule has 4 aromatic carbocycles. The molecule has 0 spiro atoms. The zero-order valence-electron chi connectivity index (χ0n) is 25.3. The standard InChI is InChI=1S/C36H37NO5/c1-8-24-9-10-26-11-17-33(41-23-25-19-27(35(2,3)4)22-28(20-25)36(5,6)7)31(32(26)21-24)16-18-34(38)42-30-14-12-29(13-15-30)37(39)40/h9-15,17,19-22H,8,23H2,1-7H3. The number of hydrogen-bond donors (Lipinski definition) is 0. The van der Waals surface area contributed by atoms with Crippen LogP contribution in [0.4, 0.5) is 5.69 Å². The van der Waals surface area contributed by atoms with E-state index in [2.05, 4.69) is 90.6 Å². The van der Waals surface area contributed by atoms with E-state index in [0.717, 1.165) is 28.3 Å². The number of esters is 1. The molecule has 0 unspecified atom stereocenters. The summed E-state index contributed by atoms with van der Waals surface area (Å²) in [6.07, 6.45) is 0.852. The summed E-state index contributed by atoms with van der Waals surface area (Å²) in [6.45, 7) is 15.7. The summed E-state index contributed by atoms with van der Waals surface area (Å²) in [7, 11) is 0. The normalized spacial score (nSPS) is 11.5. The van der Waals surface area contributed by atoms with Crippen LogP contribution in [0.1, 0.15) is 76.3 Å². The Morgan fingerprint density at radius 3 is 2.02 bits per heavy atom. The van der Waals surface area contributed by atoms with Crippen LogP contribution < -0.4 is 9.47 Å². The van der Waals surface area contributed by atoms with Crippen molar-refractivity contribution >= 4 is 22.4 Å². The second kappa shape index (κ2) is 12.1. The van der Waals surface area contributed by atoms with Gasteiger partial charge in [0.2, 0.25) is 0 Å². The van der Waals surface area contributed by atoms with Crippen molar-refractivity contribution in [2.45, 2.75) is 72.3 Å². The molecule has 0 atom stereocenters. The highest BCUT2D eigenvalue weighted by atomic mass is 16.6. The number of nitro groups is 1. The van der Waals surface area contributed by atoms with Crippen molar-refractivity contribution in [2.75, 3.05) is 0 Å². The quantitative estimate of drug-likeness (QED) is 0.0773. The minimum Gasteiger partial charge on any atom is -0.488 e. The average molecular weight is 564 g/mol. The van der Waals surface area contributed by atoms with Gasteiger partial charge in [0, 0.05) is 23.4 Å². The molecule has 0 heterocycles. The van der Waals surface area contributed by atoms with Gasteiger partial charge in [-0.3, -0.25) is 10.1 Å². The first-order chi connectivity index (χ1) is 19.7. The lowest BCUT2D eigenvalue weighted by atomic mass is 9.79. The number of hydrogen-bond acceptors (Lipinski definition) is 5. The van der Waals surface area contributed by atoms with Crippen LogP contribution in [0.25, 0.3) is 10.8 Å². The van der Waals surface area contributed by atoms with E-state index in [-0.39, 0.29) is 22.3 Å². The minimum absolute atomic E-state index is 0.0177. The number of nitrogens with zero attached hydrogens (tertiary/aromatic N) is 1. The van der Waals surface area contributed by atoms with Gasteiger partial charge in [0.15, 0.2) is 0 Å². The van der Waals surface area contributed by atoms with Gasteiger partial charge in [-0.05, 0) is 69.2 Å². The Balaban J connectivity index is 1.69. The highest BCUT2D eigenvalue weighted by molar-refractivity contribution is 5.95. The van der Waals surface area contributed by atoms with Crippen molar-refractivity contribution in [2.24, 2.45) is 0 Å². The summed E-state index contributed by atoms with van der Waals surface area (Å²) >= 11 is 0. The highest BCUT2D eigenvalue weighted by Crippen LogP contribution is 2.32. The number of nitro benzene ring substituents is 1. The van der Waals surface area contributed by atoms with Gasteiger partial charge in [0.05, 0.1) is 10.5 Å². The molecule has 0 aliphatic heterocycles. The molecular weight excluding hydrogens is 526 g/mol. The molecule has 0 amide bonds. The average Bonchev–Trinajstić information content (AvgIpc) is 2.93. The van der Waals surface area contributed by atoms with E-state index < -0.39 is 10.9 Å². The van der Waals surface area contributed by atoms with Gasteiger partial charge >= 0.3 is 5.97 Å². The third kappa shape index (κ3) is 7.36. The lowest BCUT2D eigenvalue weighted by Crippen LogP contribution is -2.17. The molecular formula is C36H37NO5. The predicted octanol–water partition coefficient (Wildman–Crippen LogP) is 8.44. The summed E-state index contributed by atoms with van der Waals surface area (Å²) in [4.78, 5) is 23.0. The second-order valence-electron chi connectivity index (χ2n) is 12.4. The SMILES string of the molecule is CCc1ccc2ccc(OCc3cc(C(C)(C)C)cc(C(C)(C)C)c3)c(C#CC(=O)Oc3ccc([N+](=O)[O-])cc3)c2c1. The third-order valence-electron chi connectivity index (χ3n) is 7.12. The maximum atomic E-state index is 12.6. The van der Waals surface area contributed by atoms with Gasteiger partial charge in [0.25, 0.3) is 5.69 Å². The van der Waals surface area contributed by atoms with Crippen molar-refractivity contribution < 1.29 is 19.2 Å². The fourth-order valence-corrected chi connectivity index (χ4v) is 4.50. The van der Waals surface area contributed by atoms with E-state index in [1.807, 2.05) is 18.2 Å². The number of aryl methyl sites for hydroxylation is 1. The number of non-ortho nitro benzene ring substituents is 1. The number of fused-ring (bicyclic) bond motifs is 1. The Morgan fingerprint density at radius 1 is 0.833 bits per heavy atom. The monoisotopic (exact) mass is 563 g/mol. The highest BCUT2D eigenvalue weighted by Gasteiger charge is 2.21. The lowest BCUT2D eigenvalue weighted by molar-refractivity contribution is -0.384. The Labute approximate surface area is 247 Å². The van der Waals surface area contributed by atoms with Crippen LogP contribution in [0.2, 0.25) is 0 Å². The first-order valence-electron chi connectivity index (χ1n) is 14.1. The Kier molecular flexibility index (Phi) is 8.72. The van der Waals surface area contributed by atoms with Gasteiger partial charge in [0.1, 0.15) is 18.1 Å². The van der Waals surface area contributed by atoms with Crippen LogP contribution in [0, 0.1) is 22.0 Å². The molecule has 4 rings (SSSR count). The van der Waals surface area contributed by atoms with E-state index in [1.54, 1.807) is 0 Å². The van der Waals surface area contributed by atoms with Crippen LogP contribution >= 0.6 is 0 Å². The summed E-state index contributed by atoms with van der Waals surface area (Å²) in [6, 6.07) is 22.0. The molecule has 0 aliphatic carbocycles. The van der Waals surface area contributed by atoms with Gasteiger partial charge in [-0.2, -0.15) is 0 Å². The van der Waals surface area contributed by atoms with Crippen LogP contribution in [0.15, 0.2) is 72.8 Å². The molecule has 0 saturated heterocycles. The molecule has 0 N–H and O–H groups in total. The maximum absolute atomic E-state index is 12.6. The van der Waals surface area contributed by atoms with E-state index >= 15 is 0 Å². The van der Waals surface area contributed by atoms with Crippen LogP contribution in [0.5, 0.6) is 11.5 Å². The van der Waals surface area contributed by atoms with Crippen molar-refractivity contribution in [1.82, 2.24) is 0 Å². The number of rotatable bonds is 6. The van der Waals surface area contributed by atoms with E-state index in [4.69, 9.17) is 9.47 Å². The van der Waals surface area contributed by atoms with Crippen molar-refractivity contribution in [3.05, 3.63) is 111 Å². The Hall–Kier alpha value is -4.63. The predicted molar refractivity (Wildman–Crippen MR) is 167 cm³/mol. The van der Waals surface area contributed by atoms with Crippen LogP contribution in [-0.4, -0.2) is 10.9 Å². The summed E-state index contributed by atoms with van der Waals surface area (Å²) < 4.78 is 11.7. The van der Waals surface area contributed by atoms with E-state index in [1.165, 1.54) is 35.4 Å². The van der Waals surface area contributed by atoms with Gasteiger partial charge in [-0.15, -0.1) is 0 Å². The molecule has 6 nitrogen and oxygen atoms in total. The van der Waals surface area contributed by atoms with Crippen molar-refractivity contribution in [1.29, 1.82) is 0 Å². The number of benzene rings is 4. The topological polar surface area (TPSA) is 78.7 Å². The molecule has 0 bridgehead atoms. The summed E-state index contributed by atoms with van der Waals surface area (Å²) in [5, 5.41) is 12.8. The Morgan fingerprint density at radius 2 is 1.45 bits per heavy atom. The maximum Gasteiger partial charge on any atom is 0.390 e. The molecule has 0 aliphatic rings. The molecule has 0 fully saturated rings. The largest absolute Gasteiger partial charge is 0.488 e. The smallest absolute Gasteiger partial charge is 0.390 e. The van der Waals surface area contributed by atoms with E-state index in [9.17, 15) is 14.9 Å². The fraction of sp³-hybridized carbons (Fsp3) is 0.306. The number of carbonyl (C=O) groups is 1. The Bertz CT molecular complexity index is 1660. The lowest BCUT2D eigenvalue weighted by Gasteiger charge is -2.26. The van der Waals surface area contributed by atoms with Crippen molar-refractivity contribution in [3.63, 3.8) is 0 Å². The molecule has 0 aromatic heterocycles. The van der Waals surface area contributed by atoms with Gasteiger partial charge < -0.3 is 9.47 Å². The number of carbonyl (C=O) groups excluding carboxylic acids is 1. The molecule has 0 saturated carbocycles.